The van der Waals surface area contributed by atoms with Gasteiger partial charge in [-0.2, -0.15) is 0 Å². The zero-order valence-corrected chi connectivity index (χ0v) is 9.74. The van der Waals surface area contributed by atoms with Crippen molar-refractivity contribution in [2.75, 3.05) is 0 Å². The van der Waals surface area contributed by atoms with Gasteiger partial charge < -0.3 is 5.32 Å². The van der Waals surface area contributed by atoms with Gasteiger partial charge in [0.15, 0.2) is 0 Å². The summed E-state index contributed by atoms with van der Waals surface area (Å²) in [5.74, 6) is 0.913. The highest BCUT2D eigenvalue weighted by Gasteiger charge is 2.24. The molecule has 1 heteroatoms. The van der Waals surface area contributed by atoms with Gasteiger partial charge in [-0.3, -0.25) is 0 Å². The SMILES string of the molecule is C[C@H](N[C@H](C)c1ccccc1)C1CCC1. The average Bonchev–Trinajstić information content (AvgIpc) is 2.16. The van der Waals surface area contributed by atoms with Crippen molar-refractivity contribution in [2.24, 2.45) is 5.92 Å². The Labute approximate surface area is 92.9 Å². The molecule has 0 aliphatic heterocycles. The summed E-state index contributed by atoms with van der Waals surface area (Å²) in [6.45, 7) is 4.58. The molecule has 1 aliphatic rings. The number of hydrogen-bond acceptors (Lipinski definition) is 1. The lowest BCUT2D eigenvalue weighted by atomic mass is 9.80. The zero-order chi connectivity index (χ0) is 10.7. The van der Waals surface area contributed by atoms with Crippen LogP contribution in [0, 0.1) is 5.92 Å². The topological polar surface area (TPSA) is 12.0 Å². The number of nitrogens with one attached hydrogen (secondary N) is 1. The Morgan fingerprint density at radius 2 is 1.80 bits per heavy atom. The van der Waals surface area contributed by atoms with Crippen LogP contribution in [0.2, 0.25) is 0 Å². The smallest absolute Gasteiger partial charge is 0.0294 e. The number of benzene rings is 1. The first-order chi connectivity index (χ1) is 7.27. The molecule has 0 amide bonds. The molecule has 1 N–H and O–H groups in total. The molecule has 2 rings (SSSR count). The Hall–Kier alpha value is -0.820. The molecule has 0 saturated heterocycles. The third kappa shape index (κ3) is 2.60. The highest BCUT2D eigenvalue weighted by atomic mass is 14.9. The Kier molecular flexibility index (Phi) is 3.42. The first-order valence-corrected chi connectivity index (χ1v) is 6.08. The molecule has 1 fully saturated rings. The highest BCUT2D eigenvalue weighted by molar-refractivity contribution is 5.18. The second-order valence-electron chi connectivity index (χ2n) is 4.78. The van der Waals surface area contributed by atoms with Crippen LogP contribution < -0.4 is 5.32 Å². The minimum Gasteiger partial charge on any atom is -0.307 e. The predicted octanol–water partition coefficient (Wildman–Crippen LogP) is 3.53. The maximum absolute atomic E-state index is 3.70. The lowest BCUT2D eigenvalue weighted by molar-refractivity contribution is 0.230. The second kappa shape index (κ2) is 4.80. The van der Waals surface area contributed by atoms with E-state index in [-0.39, 0.29) is 0 Å². The molecule has 1 nitrogen and oxygen atoms in total. The molecular weight excluding hydrogens is 182 g/mol. The first-order valence-electron chi connectivity index (χ1n) is 6.08. The summed E-state index contributed by atoms with van der Waals surface area (Å²) >= 11 is 0. The molecule has 0 radical (unpaired) electrons. The van der Waals surface area contributed by atoms with Crippen LogP contribution in [0.1, 0.15) is 44.7 Å². The summed E-state index contributed by atoms with van der Waals surface area (Å²) < 4.78 is 0. The van der Waals surface area contributed by atoms with Gasteiger partial charge in [0.25, 0.3) is 0 Å². The molecule has 0 unspecified atom stereocenters. The molecule has 1 aromatic carbocycles. The van der Waals surface area contributed by atoms with Crippen molar-refractivity contribution in [1.82, 2.24) is 5.32 Å². The summed E-state index contributed by atoms with van der Waals surface area (Å²) in [5, 5.41) is 3.70. The standard InChI is InChI=1S/C14H21N/c1-11(13-7-4-3-5-8-13)15-12(2)14-9-6-10-14/h3-5,7-8,11-12,14-15H,6,9-10H2,1-2H3/t11-,12+/m1/s1. The van der Waals surface area contributed by atoms with Crippen LogP contribution in [0.5, 0.6) is 0 Å². The van der Waals surface area contributed by atoms with Gasteiger partial charge in [-0.15, -0.1) is 0 Å². The lowest BCUT2D eigenvalue weighted by Crippen LogP contribution is -2.38. The Morgan fingerprint density at radius 3 is 2.33 bits per heavy atom. The van der Waals surface area contributed by atoms with E-state index < -0.39 is 0 Å². The van der Waals surface area contributed by atoms with Crippen LogP contribution in [-0.4, -0.2) is 6.04 Å². The fourth-order valence-corrected chi connectivity index (χ4v) is 2.31. The van der Waals surface area contributed by atoms with E-state index in [9.17, 15) is 0 Å². The van der Waals surface area contributed by atoms with Crippen LogP contribution in [0.25, 0.3) is 0 Å². The summed E-state index contributed by atoms with van der Waals surface area (Å²) in [4.78, 5) is 0. The Morgan fingerprint density at radius 1 is 1.13 bits per heavy atom. The van der Waals surface area contributed by atoms with Gasteiger partial charge in [-0.05, 0) is 38.2 Å². The van der Waals surface area contributed by atoms with Crippen molar-refractivity contribution in [2.45, 2.75) is 45.2 Å². The van der Waals surface area contributed by atoms with Crippen LogP contribution in [0.3, 0.4) is 0 Å². The van der Waals surface area contributed by atoms with Crippen molar-refractivity contribution in [3.8, 4) is 0 Å². The lowest BCUT2D eigenvalue weighted by Gasteiger charge is -2.34. The summed E-state index contributed by atoms with van der Waals surface area (Å²) in [6, 6.07) is 11.8. The van der Waals surface area contributed by atoms with Gasteiger partial charge in [-0.1, -0.05) is 36.8 Å². The van der Waals surface area contributed by atoms with E-state index in [1.165, 1.54) is 24.8 Å². The second-order valence-corrected chi connectivity index (χ2v) is 4.78. The fourth-order valence-electron chi connectivity index (χ4n) is 2.31. The van der Waals surface area contributed by atoms with Gasteiger partial charge in [0.05, 0.1) is 0 Å². The molecular formula is C14H21N. The van der Waals surface area contributed by atoms with E-state index >= 15 is 0 Å². The average molecular weight is 203 g/mol. The molecule has 1 saturated carbocycles. The third-order valence-electron chi connectivity index (χ3n) is 3.67. The number of hydrogen-bond donors (Lipinski definition) is 1. The fraction of sp³-hybridized carbons (Fsp3) is 0.571. The van der Waals surface area contributed by atoms with Crippen molar-refractivity contribution < 1.29 is 0 Å². The molecule has 82 valence electrons. The maximum atomic E-state index is 3.70. The van der Waals surface area contributed by atoms with E-state index in [4.69, 9.17) is 0 Å². The van der Waals surface area contributed by atoms with Crippen LogP contribution in [-0.2, 0) is 0 Å². The van der Waals surface area contributed by atoms with Crippen molar-refractivity contribution in [3.05, 3.63) is 35.9 Å². The summed E-state index contributed by atoms with van der Waals surface area (Å²) in [6.07, 6.45) is 4.25. The Bertz CT molecular complexity index is 289. The summed E-state index contributed by atoms with van der Waals surface area (Å²) in [7, 11) is 0. The molecule has 0 aromatic heterocycles. The molecule has 2 atom stereocenters. The van der Waals surface area contributed by atoms with E-state index in [0.29, 0.717) is 12.1 Å². The van der Waals surface area contributed by atoms with Gasteiger partial charge >= 0.3 is 0 Å². The van der Waals surface area contributed by atoms with Crippen LogP contribution >= 0.6 is 0 Å². The predicted molar refractivity (Wildman–Crippen MR) is 64.8 cm³/mol. The highest BCUT2D eigenvalue weighted by Crippen LogP contribution is 2.30. The summed E-state index contributed by atoms with van der Waals surface area (Å²) in [5.41, 5.74) is 1.39. The zero-order valence-electron chi connectivity index (χ0n) is 9.74. The van der Waals surface area contributed by atoms with Gasteiger partial charge in [0.2, 0.25) is 0 Å². The van der Waals surface area contributed by atoms with Gasteiger partial charge in [0, 0.05) is 12.1 Å². The van der Waals surface area contributed by atoms with Crippen molar-refractivity contribution in [1.29, 1.82) is 0 Å². The molecule has 1 aromatic rings. The van der Waals surface area contributed by atoms with Crippen molar-refractivity contribution in [3.63, 3.8) is 0 Å². The van der Waals surface area contributed by atoms with E-state index in [1.54, 1.807) is 0 Å². The monoisotopic (exact) mass is 203 g/mol. The Balaban J connectivity index is 1.88. The largest absolute Gasteiger partial charge is 0.307 e. The minimum absolute atomic E-state index is 0.474. The molecule has 15 heavy (non-hydrogen) atoms. The van der Waals surface area contributed by atoms with E-state index in [1.807, 2.05) is 0 Å². The van der Waals surface area contributed by atoms with Crippen LogP contribution in [0.4, 0.5) is 0 Å². The van der Waals surface area contributed by atoms with Gasteiger partial charge in [0.1, 0.15) is 0 Å². The van der Waals surface area contributed by atoms with Crippen LogP contribution in [0.15, 0.2) is 30.3 Å². The number of rotatable bonds is 4. The van der Waals surface area contributed by atoms with Gasteiger partial charge in [-0.25, -0.2) is 0 Å². The minimum atomic E-state index is 0.474. The first kappa shape index (κ1) is 10.7. The van der Waals surface area contributed by atoms with E-state index in [2.05, 4.69) is 49.5 Å². The third-order valence-corrected chi connectivity index (χ3v) is 3.67. The molecule has 0 bridgehead atoms. The normalized spacial score (nSPS) is 20.7. The molecule has 0 heterocycles. The maximum Gasteiger partial charge on any atom is 0.0294 e. The quantitative estimate of drug-likeness (QED) is 0.789. The van der Waals surface area contributed by atoms with Crippen molar-refractivity contribution >= 4 is 0 Å². The van der Waals surface area contributed by atoms with E-state index in [0.717, 1.165) is 5.92 Å². The molecule has 1 aliphatic carbocycles. The molecule has 0 spiro atoms.